The Balaban J connectivity index is 1.44. The lowest BCUT2D eigenvalue weighted by Crippen LogP contribution is -2.53. The number of nitrogens with zero attached hydrogens (tertiary/aromatic N) is 1. The summed E-state index contributed by atoms with van der Waals surface area (Å²) < 4.78 is 24.9. The summed E-state index contributed by atoms with van der Waals surface area (Å²) in [7, 11) is 1.65. The van der Waals surface area contributed by atoms with Crippen molar-refractivity contribution in [1.29, 1.82) is 0 Å². The molecule has 4 rings (SSSR count). The minimum Gasteiger partial charge on any atom is -0.496 e. The quantitative estimate of drug-likeness (QED) is 0.674. The number of aromatic nitrogens is 1. The third-order valence-electron chi connectivity index (χ3n) is 5.22. The molecule has 1 aromatic heterocycles. The Morgan fingerprint density at radius 2 is 2.33 bits per heavy atom. The van der Waals surface area contributed by atoms with Crippen molar-refractivity contribution in [2.45, 2.75) is 25.1 Å². The van der Waals surface area contributed by atoms with Crippen LogP contribution in [0.3, 0.4) is 0 Å². The second-order valence-corrected chi connectivity index (χ2v) is 8.08. The highest BCUT2D eigenvalue weighted by Crippen LogP contribution is 2.35. The van der Waals surface area contributed by atoms with Crippen molar-refractivity contribution < 1.29 is 18.7 Å². The van der Waals surface area contributed by atoms with Crippen LogP contribution in [0.1, 0.15) is 18.4 Å². The Morgan fingerprint density at radius 3 is 3.10 bits per heavy atom. The molecule has 0 radical (unpaired) electrons. The molecule has 3 heterocycles. The summed E-state index contributed by atoms with van der Waals surface area (Å²) >= 11 is 1.42. The van der Waals surface area contributed by atoms with Gasteiger partial charge in [-0.2, -0.15) is 0 Å². The maximum Gasteiger partial charge on any atom is 0.320 e. The third-order valence-corrected chi connectivity index (χ3v) is 6.11. The molecule has 0 aliphatic carbocycles. The first-order chi connectivity index (χ1) is 14.6. The van der Waals surface area contributed by atoms with E-state index in [1.807, 2.05) is 18.2 Å². The first-order valence-electron chi connectivity index (χ1n) is 9.97. The molecule has 2 aliphatic rings. The van der Waals surface area contributed by atoms with Crippen LogP contribution in [0.15, 0.2) is 29.7 Å². The maximum absolute atomic E-state index is 13.9. The van der Waals surface area contributed by atoms with Gasteiger partial charge in [-0.1, -0.05) is 18.2 Å². The Bertz CT molecular complexity index is 933. The minimum absolute atomic E-state index is 0.396. The molecule has 30 heavy (non-hydrogen) atoms. The number of urea groups is 1. The van der Waals surface area contributed by atoms with Crippen LogP contribution in [-0.4, -0.2) is 56.6 Å². The Hall–Kier alpha value is -2.49. The lowest BCUT2D eigenvalue weighted by Gasteiger charge is -2.27. The molecule has 0 bridgehead atoms. The van der Waals surface area contributed by atoms with Gasteiger partial charge < -0.3 is 20.1 Å². The van der Waals surface area contributed by atoms with Crippen LogP contribution >= 0.6 is 11.3 Å². The third kappa shape index (κ3) is 4.80. The van der Waals surface area contributed by atoms with Crippen LogP contribution < -0.4 is 20.7 Å². The van der Waals surface area contributed by atoms with E-state index in [-0.39, 0.29) is 0 Å². The fourth-order valence-electron chi connectivity index (χ4n) is 3.61. The van der Waals surface area contributed by atoms with Crippen molar-refractivity contribution in [2.75, 3.05) is 38.7 Å². The number of thiazole rings is 1. The number of methoxy groups -OCH3 is 1. The van der Waals surface area contributed by atoms with Gasteiger partial charge >= 0.3 is 6.03 Å². The number of anilines is 1. The highest BCUT2D eigenvalue weighted by molar-refractivity contribution is 7.13. The molecule has 3 N–H and O–H groups in total. The Kier molecular flexibility index (Phi) is 6.61. The van der Waals surface area contributed by atoms with E-state index in [2.05, 4.69) is 27.0 Å². The molecule has 2 aliphatic heterocycles. The van der Waals surface area contributed by atoms with E-state index in [1.54, 1.807) is 12.5 Å². The van der Waals surface area contributed by atoms with E-state index in [4.69, 9.17) is 9.47 Å². The SMILES string of the molecule is COc1cc(-c2nc(NC(=O)N[C@@H]3CNCC[C@@H]3F)cs2)ccc1C1=CCOCC1. The average Bonchev–Trinajstić information content (AvgIpc) is 3.24. The summed E-state index contributed by atoms with van der Waals surface area (Å²) in [5.74, 6) is 1.21. The summed E-state index contributed by atoms with van der Waals surface area (Å²) in [6.07, 6.45) is 2.29. The van der Waals surface area contributed by atoms with Crippen molar-refractivity contribution in [3.8, 4) is 16.3 Å². The van der Waals surface area contributed by atoms with Gasteiger partial charge in [-0.15, -0.1) is 11.3 Å². The summed E-state index contributed by atoms with van der Waals surface area (Å²) in [6, 6.07) is 4.99. The number of nitrogens with one attached hydrogen (secondary N) is 3. The van der Waals surface area contributed by atoms with Gasteiger partial charge in [-0.3, -0.25) is 5.32 Å². The predicted octanol–water partition coefficient (Wildman–Crippen LogP) is 3.44. The number of carbonyl (C=O) groups excluding carboxylic acids is 1. The molecule has 7 nitrogen and oxygen atoms in total. The largest absolute Gasteiger partial charge is 0.496 e. The fraction of sp³-hybridized carbons (Fsp3) is 0.429. The van der Waals surface area contributed by atoms with Gasteiger partial charge in [-0.05, 0) is 31.0 Å². The summed E-state index contributed by atoms with van der Waals surface area (Å²) in [6.45, 7) is 2.37. The molecule has 2 atom stereocenters. The van der Waals surface area contributed by atoms with Crippen molar-refractivity contribution >= 4 is 28.8 Å². The average molecular weight is 433 g/mol. The normalized spacial score (nSPS) is 21.6. The first kappa shape index (κ1) is 20.8. The van der Waals surface area contributed by atoms with Crippen LogP contribution in [0.5, 0.6) is 5.75 Å². The topological polar surface area (TPSA) is 84.5 Å². The molecule has 0 saturated carbocycles. The number of hydrogen-bond donors (Lipinski definition) is 3. The van der Waals surface area contributed by atoms with Gasteiger partial charge in [0.05, 0.1) is 26.4 Å². The molecular formula is C21H25FN4O3S. The number of alkyl halides is 1. The monoisotopic (exact) mass is 432 g/mol. The van der Waals surface area contributed by atoms with Crippen molar-refractivity contribution in [1.82, 2.24) is 15.6 Å². The van der Waals surface area contributed by atoms with Crippen molar-refractivity contribution in [3.05, 3.63) is 35.2 Å². The summed E-state index contributed by atoms with van der Waals surface area (Å²) in [5.41, 5.74) is 3.17. The van der Waals surface area contributed by atoms with Crippen molar-refractivity contribution in [2.24, 2.45) is 0 Å². The Labute approximate surface area is 178 Å². The smallest absolute Gasteiger partial charge is 0.320 e. The molecule has 0 spiro atoms. The highest BCUT2D eigenvalue weighted by Gasteiger charge is 2.26. The number of amides is 2. The van der Waals surface area contributed by atoms with Gasteiger partial charge in [0.25, 0.3) is 0 Å². The first-order valence-corrected chi connectivity index (χ1v) is 10.9. The second-order valence-electron chi connectivity index (χ2n) is 7.22. The van der Waals surface area contributed by atoms with Crippen LogP contribution in [0.2, 0.25) is 0 Å². The molecule has 2 amide bonds. The number of hydrogen-bond acceptors (Lipinski definition) is 6. The number of carbonyl (C=O) groups is 1. The van der Waals surface area contributed by atoms with Crippen LogP contribution in [0.25, 0.3) is 16.1 Å². The molecule has 0 unspecified atom stereocenters. The Morgan fingerprint density at radius 1 is 1.43 bits per heavy atom. The van der Waals surface area contributed by atoms with E-state index < -0.39 is 18.2 Å². The lowest BCUT2D eigenvalue weighted by molar-refractivity contribution is 0.161. The maximum atomic E-state index is 13.9. The van der Waals surface area contributed by atoms with E-state index in [0.717, 1.165) is 28.3 Å². The van der Waals surface area contributed by atoms with E-state index in [9.17, 15) is 9.18 Å². The van der Waals surface area contributed by atoms with E-state index in [1.165, 1.54) is 16.9 Å². The van der Waals surface area contributed by atoms with Gasteiger partial charge in [0.15, 0.2) is 0 Å². The minimum atomic E-state index is -1.04. The number of ether oxygens (including phenoxy) is 2. The van der Waals surface area contributed by atoms with E-state index >= 15 is 0 Å². The molecule has 9 heteroatoms. The number of halogens is 1. The zero-order chi connectivity index (χ0) is 20.9. The number of benzene rings is 1. The zero-order valence-electron chi connectivity index (χ0n) is 16.7. The lowest BCUT2D eigenvalue weighted by atomic mass is 9.99. The second kappa shape index (κ2) is 9.55. The van der Waals surface area contributed by atoms with Gasteiger partial charge in [-0.25, -0.2) is 14.2 Å². The molecule has 1 aromatic carbocycles. The van der Waals surface area contributed by atoms with E-state index in [0.29, 0.717) is 38.5 Å². The predicted molar refractivity (Wildman–Crippen MR) is 116 cm³/mol. The zero-order valence-corrected chi connectivity index (χ0v) is 17.6. The molecule has 2 aromatic rings. The van der Waals surface area contributed by atoms with Gasteiger partial charge in [0.2, 0.25) is 0 Å². The fourth-order valence-corrected chi connectivity index (χ4v) is 4.36. The molecule has 160 valence electrons. The van der Waals surface area contributed by atoms with Crippen LogP contribution in [0.4, 0.5) is 15.0 Å². The summed E-state index contributed by atoms with van der Waals surface area (Å²) in [5, 5.41) is 11.0. The van der Waals surface area contributed by atoms with Gasteiger partial charge in [0, 0.05) is 23.1 Å². The number of rotatable bonds is 5. The summed E-state index contributed by atoms with van der Waals surface area (Å²) in [4.78, 5) is 16.7. The molecule has 1 fully saturated rings. The van der Waals surface area contributed by atoms with Gasteiger partial charge in [0.1, 0.15) is 22.7 Å². The number of piperidine rings is 1. The van der Waals surface area contributed by atoms with Crippen LogP contribution in [0, 0.1) is 0 Å². The molecule has 1 saturated heterocycles. The van der Waals surface area contributed by atoms with Crippen LogP contribution in [-0.2, 0) is 4.74 Å². The highest BCUT2D eigenvalue weighted by atomic mass is 32.1. The van der Waals surface area contributed by atoms with Crippen molar-refractivity contribution in [3.63, 3.8) is 0 Å². The standard InChI is InChI=1S/C21H25FN4O3S/c1-28-18-10-14(2-3-15(18)13-5-8-29-9-6-13)20-25-19(12-30-20)26-21(27)24-17-11-23-7-4-16(17)22/h2-3,5,10,12,16-17,23H,4,6-9,11H2,1H3,(H2,24,26,27)/t16-,17+/m0/s1. The molecular weight excluding hydrogens is 407 g/mol.